The molecule has 3 rings (SSSR count). The number of amides is 3. The molecule has 2 aromatic rings. The summed E-state index contributed by atoms with van der Waals surface area (Å²) in [5, 5.41) is 3.01. The predicted octanol–water partition coefficient (Wildman–Crippen LogP) is 3.09. The maximum absolute atomic E-state index is 12.7. The summed E-state index contributed by atoms with van der Waals surface area (Å²) in [6.07, 6.45) is -0.613. The van der Waals surface area contributed by atoms with Gasteiger partial charge in [-0.05, 0) is 50.6 Å². The number of hydroxylamine groups is 2. The number of fused-ring (bicyclic) bond motifs is 1. The van der Waals surface area contributed by atoms with E-state index in [1.807, 2.05) is 0 Å². The first kappa shape index (κ1) is 21.8. The molecule has 0 saturated carbocycles. The number of ether oxygens (including phenoxy) is 2. The highest BCUT2D eigenvalue weighted by Crippen LogP contribution is 2.26. The van der Waals surface area contributed by atoms with Gasteiger partial charge in [0.15, 0.2) is 0 Å². The number of hydrogen-bond acceptors (Lipinski definition) is 7. The molecule has 0 bridgehead atoms. The predicted molar refractivity (Wildman–Crippen MR) is 108 cm³/mol. The fraction of sp³-hybridized carbons (Fsp3) is 0.273. The van der Waals surface area contributed by atoms with Gasteiger partial charge < -0.3 is 19.6 Å². The Morgan fingerprint density at radius 2 is 1.61 bits per heavy atom. The van der Waals surface area contributed by atoms with Crippen molar-refractivity contribution in [2.75, 3.05) is 7.11 Å². The van der Waals surface area contributed by atoms with Crippen molar-refractivity contribution in [1.82, 2.24) is 10.4 Å². The van der Waals surface area contributed by atoms with Gasteiger partial charge in [-0.3, -0.25) is 9.59 Å². The van der Waals surface area contributed by atoms with Crippen LogP contribution in [-0.2, 0) is 16.1 Å². The lowest BCUT2D eigenvalue weighted by atomic mass is 10.1. The summed E-state index contributed by atoms with van der Waals surface area (Å²) in [6.45, 7) is 5.31. The number of methoxy groups -OCH3 is 1. The summed E-state index contributed by atoms with van der Waals surface area (Å²) in [7, 11) is 1.37. The van der Waals surface area contributed by atoms with Crippen molar-refractivity contribution in [3.05, 3.63) is 64.7 Å². The quantitative estimate of drug-likeness (QED) is 0.731. The smallest absolute Gasteiger partial charge is 0.407 e. The Labute approximate surface area is 178 Å². The van der Waals surface area contributed by atoms with E-state index in [-0.39, 0.29) is 29.0 Å². The van der Waals surface area contributed by atoms with Gasteiger partial charge in [-0.1, -0.05) is 23.3 Å². The van der Waals surface area contributed by atoms with E-state index < -0.39 is 29.5 Å². The van der Waals surface area contributed by atoms with Crippen molar-refractivity contribution < 1.29 is 33.5 Å². The molecule has 0 unspecified atom stereocenters. The Kier molecular flexibility index (Phi) is 5.96. The van der Waals surface area contributed by atoms with E-state index in [1.54, 1.807) is 39.0 Å². The van der Waals surface area contributed by atoms with Crippen molar-refractivity contribution in [2.24, 2.45) is 0 Å². The Morgan fingerprint density at radius 1 is 1.00 bits per heavy atom. The second-order valence-electron chi connectivity index (χ2n) is 7.72. The molecule has 1 aliphatic rings. The van der Waals surface area contributed by atoms with Gasteiger partial charge >= 0.3 is 12.1 Å². The molecule has 1 aliphatic heterocycles. The fourth-order valence-corrected chi connectivity index (χ4v) is 2.90. The molecule has 2 aromatic carbocycles. The molecule has 1 N–H and O–H groups in total. The minimum atomic E-state index is -0.953. The highest BCUT2D eigenvalue weighted by Gasteiger charge is 2.39. The molecule has 0 radical (unpaired) electrons. The normalized spacial score (nSPS) is 13.0. The lowest BCUT2D eigenvalue weighted by Crippen LogP contribution is -2.33. The first-order chi connectivity index (χ1) is 14.6. The van der Waals surface area contributed by atoms with Crippen molar-refractivity contribution in [3.63, 3.8) is 0 Å². The summed E-state index contributed by atoms with van der Waals surface area (Å²) < 4.78 is 10.4. The van der Waals surface area contributed by atoms with Crippen LogP contribution in [0.3, 0.4) is 0 Å². The number of carbonyl (C=O) groups excluding carboxylic acids is 4. The van der Waals surface area contributed by atoms with Gasteiger partial charge in [0.25, 0.3) is 11.8 Å². The molecule has 0 spiro atoms. The van der Waals surface area contributed by atoms with Crippen LogP contribution in [0.5, 0.6) is 5.75 Å². The molecule has 0 fully saturated rings. The number of nitrogens with zero attached hydrogens (tertiary/aromatic N) is 1. The first-order valence-corrected chi connectivity index (χ1v) is 9.44. The summed E-state index contributed by atoms with van der Waals surface area (Å²) in [4.78, 5) is 54.5. The van der Waals surface area contributed by atoms with Crippen LogP contribution in [0.1, 0.15) is 57.4 Å². The van der Waals surface area contributed by atoms with Crippen LogP contribution in [0, 0.1) is 0 Å². The van der Waals surface area contributed by atoms with Crippen LogP contribution in [0.2, 0.25) is 0 Å². The Balaban J connectivity index is 1.75. The summed E-state index contributed by atoms with van der Waals surface area (Å²) in [5.41, 5.74) is 0.208. The zero-order valence-corrected chi connectivity index (χ0v) is 17.6. The lowest BCUT2D eigenvalue weighted by molar-refractivity contribution is -0.0586. The number of nitrogens with one attached hydrogen (secondary N) is 1. The van der Waals surface area contributed by atoms with Crippen LogP contribution >= 0.6 is 0 Å². The molecule has 0 saturated heterocycles. The molecule has 3 amide bonds. The zero-order chi connectivity index (χ0) is 22.8. The summed E-state index contributed by atoms with van der Waals surface area (Å²) in [6, 6.07) is 10.8. The molecular weight excluding hydrogens is 404 g/mol. The molecule has 162 valence electrons. The summed E-state index contributed by atoms with van der Waals surface area (Å²) in [5.74, 6) is -2.22. The summed E-state index contributed by atoms with van der Waals surface area (Å²) >= 11 is 0. The maximum Gasteiger partial charge on any atom is 0.407 e. The molecule has 9 heteroatoms. The number of imide groups is 1. The van der Waals surface area contributed by atoms with Crippen molar-refractivity contribution in [2.45, 2.75) is 32.9 Å². The van der Waals surface area contributed by atoms with Crippen LogP contribution < -0.4 is 10.1 Å². The maximum atomic E-state index is 12.7. The second-order valence-corrected chi connectivity index (χ2v) is 7.72. The van der Waals surface area contributed by atoms with E-state index in [0.29, 0.717) is 10.6 Å². The Hall–Kier alpha value is -3.88. The van der Waals surface area contributed by atoms with E-state index >= 15 is 0 Å². The zero-order valence-electron chi connectivity index (χ0n) is 17.6. The van der Waals surface area contributed by atoms with E-state index in [0.717, 1.165) is 0 Å². The molecule has 1 heterocycles. The number of alkyl carbamates (subject to hydrolysis) is 1. The molecule has 0 aliphatic carbocycles. The Morgan fingerprint density at radius 3 is 2.16 bits per heavy atom. The second kappa shape index (κ2) is 8.47. The van der Waals surface area contributed by atoms with Crippen LogP contribution in [0.4, 0.5) is 4.79 Å². The van der Waals surface area contributed by atoms with Crippen LogP contribution in [0.15, 0.2) is 42.5 Å². The standard InChI is InChI=1S/C22H22N2O7/c1-22(2,3)30-21(28)23-12-13-9-10-17(29-4)16(11-13)20(27)31-24-18(25)14-7-5-6-8-15(14)19(24)26/h5-11H,12H2,1-4H3,(H,23,28). The van der Waals surface area contributed by atoms with Gasteiger partial charge in [-0.25, -0.2) is 9.59 Å². The number of benzene rings is 2. The topological polar surface area (TPSA) is 111 Å². The molecule has 0 aromatic heterocycles. The molecule has 0 atom stereocenters. The van der Waals surface area contributed by atoms with Gasteiger partial charge in [0, 0.05) is 6.54 Å². The highest BCUT2D eigenvalue weighted by atomic mass is 16.7. The Bertz CT molecular complexity index is 1020. The average Bonchev–Trinajstić information content (AvgIpc) is 2.96. The minimum absolute atomic E-state index is 0.0115. The van der Waals surface area contributed by atoms with Gasteiger partial charge in [0.05, 0.1) is 18.2 Å². The van der Waals surface area contributed by atoms with Crippen molar-refractivity contribution >= 4 is 23.9 Å². The third-order valence-corrected chi connectivity index (χ3v) is 4.25. The van der Waals surface area contributed by atoms with Gasteiger partial charge in [-0.15, -0.1) is 0 Å². The van der Waals surface area contributed by atoms with Gasteiger partial charge in [-0.2, -0.15) is 0 Å². The SMILES string of the molecule is COc1ccc(CNC(=O)OC(C)(C)C)cc1C(=O)ON1C(=O)c2ccccc2C1=O. The van der Waals surface area contributed by atoms with Crippen LogP contribution in [-0.4, -0.2) is 41.7 Å². The molecule has 9 nitrogen and oxygen atoms in total. The first-order valence-electron chi connectivity index (χ1n) is 9.44. The highest BCUT2D eigenvalue weighted by molar-refractivity contribution is 6.21. The van der Waals surface area contributed by atoms with Gasteiger partial charge in [0.1, 0.15) is 16.9 Å². The monoisotopic (exact) mass is 426 g/mol. The van der Waals surface area contributed by atoms with E-state index in [4.69, 9.17) is 14.3 Å². The number of carbonyl (C=O) groups is 4. The van der Waals surface area contributed by atoms with Crippen molar-refractivity contribution in [3.8, 4) is 5.75 Å². The van der Waals surface area contributed by atoms with Crippen molar-refractivity contribution in [1.29, 1.82) is 0 Å². The minimum Gasteiger partial charge on any atom is -0.496 e. The molecule has 31 heavy (non-hydrogen) atoms. The van der Waals surface area contributed by atoms with Crippen LogP contribution in [0.25, 0.3) is 0 Å². The largest absolute Gasteiger partial charge is 0.496 e. The lowest BCUT2D eigenvalue weighted by Gasteiger charge is -2.20. The fourth-order valence-electron chi connectivity index (χ4n) is 2.90. The third-order valence-electron chi connectivity index (χ3n) is 4.25. The number of rotatable bonds is 5. The van der Waals surface area contributed by atoms with E-state index in [9.17, 15) is 19.2 Å². The molecular formula is C22H22N2O7. The van der Waals surface area contributed by atoms with E-state index in [1.165, 1.54) is 31.4 Å². The van der Waals surface area contributed by atoms with E-state index in [2.05, 4.69) is 5.32 Å². The third kappa shape index (κ3) is 4.82. The average molecular weight is 426 g/mol. The number of hydrogen-bond donors (Lipinski definition) is 1. The van der Waals surface area contributed by atoms with Gasteiger partial charge in [0.2, 0.25) is 0 Å².